The number of ether oxygens (including phenoxy) is 1. The summed E-state index contributed by atoms with van der Waals surface area (Å²) in [7, 11) is 0.541. The van der Waals surface area contributed by atoms with E-state index in [0.717, 1.165) is 0 Å². The Morgan fingerprint density at radius 1 is 0.957 bits per heavy atom. The first kappa shape index (κ1) is 19.5. The van der Waals surface area contributed by atoms with E-state index in [1.807, 2.05) is 0 Å². The maximum atomic E-state index is 13.4. The Balaban J connectivity index is 3.58. The van der Waals surface area contributed by atoms with Crippen molar-refractivity contribution in [1.29, 1.82) is 0 Å². The molecule has 0 spiro atoms. The third kappa shape index (κ3) is 2.84. The van der Waals surface area contributed by atoms with Gasteiger partial charge in [0.15, 0.2) is 0 Å². The average Bonchev–Trinajstić information content (AvgIpc) is 2.35. The number of aliphatic hydroxyl groups is 1. The molecule has 1 saturated heterocycles. The van der Waals surface area contributed by atoms with E-state index in [-0.39, 0.29) is 4.90 Å². The lowest BCUT2D eigenvalue weighted by Crippen LogP contribution is -2.80. The third-order valence-electron chi connectivity index (χ3n) is 3.63. The zero-order valence-electron chi connectivity index (χ0n) is 12.2. The first-order valence-electron chi connectivity index (χ1n) is 6.11. The molecule has 1 rings (SSSR count). The van der Waals surface area contributed by atoms with Gasteiger partial charge in [-0.05, 0) is 0 Å². The topological polar surface area (TPSA) is 70.1 Å². The molecule has 1 aliphatic rings. The Bertz CT molecular complexity index is 508. The van der Waals surface area contributed by atoms with Crippen LogP contribution in [0.25, 0.3) is 0 Å². The van der Waals surface area contributed by atoms with E-state index in [1.54, 1.807) is 0 Å². The molecule has 0 saturated carbocycles. The lowest BCUT2D eigenvalue weighted by molar-refractivity contribution is -0.387. The zero-order chi connectivity index (χ0) is 18.4. The fourth-order valence-corrected chi connectivity index (χ4v) is 2.38. The molecule has 2 atom stereocenters. The zero-order valence-corrected chi connectivity index (χ0v) is 12.2. The highest BCUT2D eigenvalue weighted by Crippen LogP contribution is 2.46. The molecular weight excluding hydrogens is 338 g/mol. The number of amides is 2. The van der Waals surface area contributed by atoms with Crippen molar-refractivity contribution in [3.05, 3.63) is 0 Å². The van der Waals surface area contributed by atoms with Gasteiger partial charge >= 0.3 is 12.4 Å². The van der Waals surface area contributed by atoms with Gasteiger partial charge in [-0.1, -0.05) is 0 Å². The normalized spacial score (nSPS) is 29.7. The Morgan fingerprint density at radius 2 is 1.39 bits per heavy atom. The molecule has 0 radical (unpaired) electrons. The van der Waals surface area contributed by atoms with Crippen molar-refractivity contribution >= 4 is 11.8 Å². The first-order valence-corrected chi connectivity index (χ1v) is 6.11. The smallest absolute Gasteiger partial charge is 0.362 e. The van der Waals surface area contributed by atoms with Crippen LogP contribution >= 0.6 is 0 Å². The lowest BCUT2D eigenvalue weighted by Gasteiger charge is -2.55. The van der Waals surface area contributed by atoms with Crippen LogP contribution < -0.4 is 0 Å². The number of hydrogen-bond donors (Lipinski definition) is 1. The van der Waals surface area contributed by atoms with Crippen LogP contribution in [0, 0.1) is 0 Å². The molecule has 1 heterocycles. The van der Waals surface area contributed by atoms with Crippen molar-refractivity contribution in [3.63, 3.8) is 0 Å². The van der Waals surface area contributed by atoms with Crippen LogP contribution in [0.2, 0.25) is 0 Å². The van der Waals surface area contributed by atoms with Crippen molar-refractivity contribution in [1.82, 2.24) is 9.80 Å². The molecule has 12 heteroatoms. The van der Waals surface area contributed by atoms with E-state index in [1.165, 1.54) is 0 Å². The summed E-state index contributed by atoms with van der Waals surface area (Å²) in [5.74, 6) is -2.87. The molecule has 134 valence electrons. The summed E-state index contributed by atoms with van der Waals surface area (Å²) < 4.78 is 83.8. The van der Waals surface area contributed by atoms with E-state index >= 15 is 0 Å². The fraction of sp³-hybridized carbons (Fsp3) is 0.818. The fourth-order valence-electron chi connectivity index (χ4n) is 2.38. The van der Waals surface area contributed by atoms with Gasteiger partial charge in [0.1, 0.15) is 0 Å². The highest BCUT2D eigenvalue weighted by molar-refractivity contribution is 5.77. The summed E-state index contributed by atoms with van der Waals surface area (Å²) in [4.78, 5) is 22.2. The van der Waals surface area contributed by atoms with Gasteiger partial charge in [0.05, 0.1) is 13.1 Å². The van der Waals surface area contributed by atoms with Gasteiger partial charge in [-0.2, -0.15) is 26.3 Å². The Kier molecular flexibility index (Phi) is 4.67. The number of carbonyl (C=O) groups is 2. The molecular formula is C11H14F6N2O4. The summed E-state index contributed by atoms with van der Waals surface area (Å²) >= 11 is 0. The van der Waals surface area contributed by atoms with E-state index in [2.05, 4.69) is 4.74 Å². The molecule has 0 unspecified atom stereocenters. The van der Waals surface area contributed by atoms with Crippen molar-refractivity contribution in [2.75, 3.05) is 20.2 Å². The van der Waals surface area contributed by atoms with Crippen LogP contribution in [0.1, 0.15) is 13.8 Å². The first-order chi connectivity index (χ1) is 10.1. The largest absolute Gasteiger partial charge is 0.438 e. The van der Waals surface area contributed by atoms with Crippen LogP contribution in [0.5, 0.6) is 0 Å². The minimum absolute atomic E-state index is 0.278. The number of alkyl halides is 6. The van der Waals surface area contributed by atoms with Crippen molar-refractivity contribution in [3.8, 4) is 0 Å². The number of piperazine rings is 1. The standard InChI is InChI=1S/C11H14F6N2O4/c1-6(20)18-5-9(23-3,11(15,16)17)19(7(2)21)4-8(18,22)10(12,13)14/h22H,4-5H2,1-3H3/t8-,9+/m1/s1. The lowest BCUT2D eigenvalue weighted by atomic mass is 9.98. The predicted octanol–water partition coefficient (Wildman–Crippen LogP) is 0.853. The van der Waals surface area contributed by atoms with E-state index in [0.29, 0.717) is 21.0 Å². The van der Waals surface area contributed by atoms with Crippen LogP contribution in [-0.4, -0.2) is 70.7 Å². The number of β-amino-alcohol motifs (C(OH)–C–C–N with tert-alkyl or cyclic N) is 1. The van der Waals surface area contributed by atoms with Crippen molar-refractivity contribution in [2.45, 2.75) is 37.7 Å². The molecule has 0 aromatic carbocycles. The monoisotopic (exact) mass is 352 g/mol. The highest BCUT2D eigenvalue weighted by Gasteiger charge is 2.72. The summed E-state index contributed by atoms with van der Waals surface area (Å²) in [6.45, 7) is -2.40. The summed E-state index contributed by atoms with van der Waals surface area (Å²) in [6.07, 6.45) is -10.8. The van der Waals surface area contributed by atoms with Gasteiger partial charge in [-0.15, -0.1) is 0 Å². The van der Waals surface area contributed by atoms with Gasteiger partial charge in [-0.25, -0.2) is 0 Å². The Morgan fingerprint density at radius 3 is 1.65 bits per heavy atom. The van der Waals surface area contributed by atoms with E-state index < -0.39 is 53.6 Å². The van der Waals surface area contributed by atoms with Crippen molar-refractivity contribution < 1.29 is 45.8 Å². The van der Waals surface area contributed by atoms with Crippen LogP contribution in [-0.2, 0) is 14.3 Å². The molecule has 1 aliphatic heterocycles. The molecule has 1 N–H and O–H groups in total. The summed E-state index contributed by atoms with van der Waals surface area (Å²) in [6, 6.07) is 0. The van der Waals surface area contributed by atoms with Crippen LogP contribution in [0.3, 0.4) is 0 Å². The number of hydrogen-bond acceptors (Lipinski definition) is 4. The highest BCUT2D eigenvalue weighted by atomic mass is 19.4. The van der Waals surface area contributed by atoms with Gasteiger partial charge < -0.3 is 19.6 Å². The second-order valence-corrected chi connectivity index (χ2v) is 5.01. The quantitative estimate of drug-likeness (QED) is 0.711. The molecule has 23 heavy (non-hydrogen) atoms. The average molecular weight is 352 g/mol. The molecule has 2 amide bonds. The number of halogens is 6. The van der Waals surface area contributed by atoms with Crippen molar-refractivity contribution in [2.24, 2.45) is 0 Å². The number of carbonyl (C=O) groups excluding carboxylic acids is 2. The molecule has 0 bridgehead atoms. The number of methoxy groups -OCH3 is 1. The minimum Gasteiger partial charge on any atom is -0.362 e. The van der Waals surface area contributed by atoms with Crippen LogP contribution in [0.4, 0.5) is 26.3 Å². The van der Waals surface area contributed by atoms with E-state index in [9.17, 15) is 41.0 Å². The molecule has 1 fully saturated rings. The molecule has 0 aromatic heterocycles. The maximum absolute atomic E-state index is 13.4. The second kappa shape index (κ2) is 5.51. The predicted molar refractivity (Wildman–Crippen MR) is 61.6 cm³/mol. The minimum atomic E-state index is -5.49. The molecule has 6 nitrogen and oxygen atoms in total. The Labute approximate surface area is 126 Å². The molecule has 0 aromatic rings. The van der Waals surface area contributed by atoms with Gasteiger partial charge in [0.25, 0.3) is 11.4 Å². The van der Waals surface area contributed by atoms with Gasteiger partial charge in [0.2, 0.25) is 11.8 Å². The third-order valence-corrected chi connectivity index (χ3v) is 3.63. The maximum Gasteiger partial charge on any atom is 0.438 e. The molecule has 0 aliphatic carbocycles. The second-order valence-electron chi connectivity index (χ2n) is 5.01. The SMILES string of the molecule is CO[C@]1(C(F)(F)F)CN(C(C)=O)[C@](O)(C(F)(F)F)CN1C(C)=O. The van der Waals surface area contributed by atoms with E-state index in [4.69, 9.17) is 0 Å². The summed E-state index contributed by atoms with van der Waals surface area (Å²) in [5.41, 5.74) is -7.46. The van der Waals surface area contributed by atoms with Gasteiger partial charge in [0, 0.05) is 21.0 Å². The number of rotatable bonds is 1. The summed E-state index contributed by atoms with van der Waals surface area (Å²) in [5, 5.41) is 9.81. The Hall–Kier alpha value is -1.56. The number of nitrogens with zero attached hydrogens (tertiary/aromatic N) is 2. The van der Waals surface area contributed by atoms with Crippen LogP contribution in [0.15, 0.2) is 0 Å². The van der Waals surface area contributed by atoms with Gasteiger partial charge in [-0.3, -0.25) is 9.59 Å².